The number of anilines is 1. The smallest absolute Gasteiger partial charge is 0.225 e. The molecule has 1 amide bonds. The third-order valence-corrected chi connectivity index (χ3v) is 5.74. The van der Waals surface area contributed by atoms with Crippen molar-refractivity contribution in [3.05, 3.63) is 59.1 Å². The van der Waals surface area contributed by atoms with Gasteiger partial charge in [0.2, 0.25) is 5.91 Å². The summed E-state index contributed by atoms with van der Waals surface area (Å²) in [5.41, 5.74) is 1.77. The zero-order valence-electron chi connectivity index (χ0n) is 17.0. The molecule has 0 fully saturated rings. The molecule has 0 aliphatic carbocycles. The summed E-state index contributed by atoms with van der Waals surface area (Å²) >= 11 is 7.82. The Morgan fingerprint density at radius 1 is 1.23 bits per heavy atom. The second kappa shape index (κ2) is 11.5. The van der Waals surface area contributed by atoms with Gasteiger partial charge in [-0.3, -0.25) is 4.79 Å². The summed E-state index contributed by atoms with van der Waals surface area (Å²) < 4.78 is 7.18. The molecular weight excluding hydrogens is 434 g/mol. The predicted molar refractivity (Wildman–Crippen MR) is 122 cm³/mol. The van der Waals surface area contributed by atoms with Crippen molar-refractivity contribution in [2.75, 3.05) is 24.8 Å². The molecule has 0 aliphatic heterocycles. The first kappa shape index (κ1) is 22.8. The Labute approximate surface area is 190 Å². The van der Waals surface area contributed by atoms with E-state index < -0.39 is 0 Å². The third-order valence-electron chi connectivity index (χ3n) is 4.44. The van der Waals surface area contributed by atoms with Crippen molar-refractivity contribution < 1.29 is 9.53 Å². The molecule has 0 saturated heterocycles. The van der Waals surface area contributed by atoms with Gasteiger partial charge in [-0.25, -0.2) is 0 Å². The molecule has 0 unspecified atom stereocenters. The molecule has 1 heterocycles. The summed E-state index contributed by atoms with van der Waals surface area (Å²) in [5, 5.41) is 21.9. The Morgan fingerprint density at radius 2 is 2.00 bits per heavy atom. The van der Waals surface area contributed by atoms with Crippen LogP contribution in [0.1, 0.15) is 18.4 Å². The van der Waals surface area contributed by atoms with Crippen LogP contribution in [0.3, 0.4) is 0 Å². The van der Waals surface area contributed by atoms with Gasteiger partial charge >= 0.3 is 0 Å². The molecule has 9 heteroatoms. The quantitative estimate of drug-likeness (QED) is 0.354. The van der Waals surface area contributed by atoms with E-state index in [2.05, 4.69) is 21.6 Å². The SMILES string of the molecule is COCCCn1c(SCCC(=O)Nc2ccccc2C#N)nnc1-c1ccccc1Cl. The standard InChI is InChI=1S/C22H22ClN5O2S/c1-30-13-6-12-28-21(17-8-3-4-9-18(17)23)26-27-22(28)31-14-11-20(29)25-19-10-5-2-7-16(19)15-24/h2-5,7-10H,6,11-14H2,1H3,(H,25,29). The van der Waals surface area contributed by atoms with E-state index in [0.29, 0.717) is 41.0 Å². The molecule has 2 aromatic carbocycles. The number of halogens is 1. The van der Waals surface area contributed by atoms with Crippen molar-refractivity contribution in [2.24, 2.45) is 0 Å². The van der Waals surface area contributed by atoms with Gasteiger partial charge in [-0.1, -0.05) is 47.6 Å². The molecule has 7 nitrogen and oxygen atoms in total. The average Bonchev–Trinajstić information content (AvgIpc) is 3.17. The number of rotatable bonds is 10. The monoisotopic (exact) mass is 455 g/mol. The van der Waals surface area contributed by atoms with Gasteiger partial charge in [0.05, 0.1) is 16.3 Å². The molecule has 1 N–H and O–H groups in total. The second-order valence-corrected chi connectivity index (χ2v) is 8.06. The number of methoxy groups -OCH3 is 1. The molecular formula is C22H22ClN5O2S. The molecule has 3 rings (SSSR count). The molecule has 0 saturated carbocycles. The fraction of sp³-hybridized carbons (Fsp3) is 0.273. The van der Waals surface area contributed by atoms with Gasteiger partial charge in [-0.2, -0.15) is 5.26 Å². The number of nitrogens with one attached hydrogen (secondary N) is 1. The average molecular weight is 456 g/mol. The van der Waals surface area contributed by atoms with E-state index in [-0.39, 0.29) is 12.3 Å². The highest BCUT2D eigenvalue weighted by molar-refractivity contribution is 7.99. The third kappa shape index (κ3) is 6.07. The van der Waals surface area contributed by atoms with Crippen LogP contribution >= 0.6 is 23.4 Å². The van der Waals surface area contributed by atoms with E-state index in [1.165, 1.54) is 11.8 Å². The number of hydrogen-bond acceptors (Lipinski definition) is 6. The van der Waals surface area contributed by atoms with Crippen molar-refractivity contribution in [3.63, 3.8) is 0 Å². The minimum absolute atomic E-state index is 0.160. The van der Waals surface area contributed by atoms with Crippen LogP contribution in [-0.4, -0.2) is 40.1 Å². The van der Waals surface area contributed by atoms with Crippen LogP contribution in [0.2, 0.25) is 5.02 Å². The van der Waals surface area contributed by atoms with Crippen molar-refractivity contribution in [3.8, 4) is 17.5 Å². The summed E-state index contributed by atoms with van der Waals surface area (Å²) in [6.45, 7) is 1.29. The second-order valence-electron chi connectivity index (χ2n) is 6.59. The Bertz CT molecular complexity index is 1080. The maximum Gasteiger partial charge on any atom is 0.225 e. The lowest BCUT2D eigenvalue weighted by molar-refractivity contribution is -0.115. The van der Waals surface area contributed by atoms with Gasteiger partial charge in [0.1, 0.15) is 6.07 Å². The fourth-order valence-electron chi connectivity index (χ4n) is 2.94. The predicted octanol–water partition coefficient (Wildman–Crippen LogP) is 4.63. The van der Waals surface area contributed by atoms with Crippen LogP contribution in [0.4, 0.5) is 5.69 Å². The van der Waals surface area contributed by atoms with Crippen molar-refractivity contribution >= 4 is 35.0 Å². The lowest BCUT2D eigenvalue weighted by Gasteiger charge is -2.11. The van der Waals surface area contributed by atoms with E-state index in [4.69, 9.17) is 21.6 Å². The number of para-hydroxylation sites is 1. The Hall–Kier alpha value is -2.86. The first-order chi connectivity index (χ1) is 15.1. The molecule has 3 aromatic rings. The molecule has 0 spiro atoms. The van der Waals surface area contributed by atoms with Gasteiger partial charge in [0, 0.05) is 38.0 Å². The zero-order valence-corrected chi connectivity index (χ0v) is 18.6. The first-order valence-corrected chi connectivity index (χ1v) is 11.1. The minimum atomic E-state index is -0.160. The Morgan fingerprint density at radius 3 is 2.77 bits per heavy atom. The highest BCUT2D eigenvalue weighted by Gasteiger charge is 2.17. The van der Waals surface area contributed by atoms with Crippen LogP contribution in [0.5, 0.6) is 0 Å². The van der Waals surface area contributed by atoms with Crippen LogP contribution in [0, 0.1) is 11.3 Å². The van der Waals surface area contributed by atoms with E-state index in [1.807, 2.05) is 28.8 Å². The van der Waals surface area contributed by atoms with Crippen molar-refractivity contribution in [1.29, 1.82) is 5.26 Å². The number of ether oxygens (including phenoxy) is 1. The fourth-order valence-corrected chi connectivity index (χ4v) is 4.07. The maximum atomic E-state index is 12.3. The van der Waals surface area contributed by atoms with Gasteiger partial charge in [-0.05, 0) is 30.7 Å². The molecule has 1 aromatic heterocycles. The van der Waals surface area contributed by atoms with Crippen molar-refractivity contribution in [1.82, 2.24) is 14.8 Å². The van der Waals surface area contributed by atoms with E-state index in [0.717, 1.165) is 17.1 Å². The van der Waals surface area contributed by atoms with E-state index in [1.54, 1.807) is 31.4 Å². The molecule has 160 valence electrons. The number of benzene rings is 2. The minimum Gasteiger partial charge on any atom is -0.385 e. The highest BCUT2D eigenvalue weighted by atomic mass is 35.5. The van der Waals surface area contributed by atoms with E-state index in [9.17, 15) is 4.79 Å². The van der Waals surface area contributed by atoms with Crippen LogP contribution in [0.25, 0.3) is 11.4 Å². The van der Waals surface area contributed by atoms with Crippen LogP contribution < -0.4 is 5.32 Å². The number of carbonyl (C=O) groups is 1. The van der Waals surface area contributed by atoms with E-state index >= 15 is 0 Å². The lowest BCUT2D eigenvalue weighted by Crippen LogP contribution is -2.13. The number of aromatic nitrogens is 3. The molecule has 0 bridgehead atoms. The number of thioether (sulfide) groups is 1. The molecule has 0 radical (unpaired) electrons. The normalized spacial score (nSPS) is 10.6. The number of amides is 1. The number of carbonyl (C=O) groups excluding carboxylic acids is 1. The number of nitriles is 1. The maximum absolute atomic E-state index is 12.3. The summed E-state index contributed by atoms with van der Waals surface area (Å²) in [5.74, 6) is 1.05. The van der Waals surface area contributed by atoms with Gasteiger partial charge in [0.15, 0.2) is 11.0 Å². The van der Waals surface area contributed by atoms with Crippen LogP contribution in [0.15, 0.2) is 53.7 Å². The number of nitrogens with zero attached hydrogens (tertiary/aromatic N) is 4. The Balaban J connectivity index is 1.67. The summed E-state index contributed by atoms with van der Waals surface area (Å²) in [7, 11) is 1.67. The highest BCUT2D eigenvalue weighted by Crippen LogP contribution is 2.29. The molecule has 31 heavy (non-hydrogen) atoms. The first-order valence-electron chi connectivity index (χ1n) is 9.73. The summed E-state index contributed by atoms with van der Waals surface area (Å²) in [6, 6.07) is 16.5. The largest absolute Gasteiger partial charge is 0.385 e. The summed E-state index contributed by atoms with van der Waals surface area (Å²) in [6.07, 6.45) is 1.07. The van der Waals surface area contributed by atoms with Crippen LogP contribution in [-0.2, 0) is 16.1 Å². The molecule has 0 aliphatic rings. The molecule has 0 atom stereocenters. The van der Waals surface area contributed by atoms with Crippen molar-refractivity contribution in [2.45, 2.75) is 24.5 Å². The van der Waals surface area contributed by atoms with Gasteiger partial charge in [-0.15, -0.1) is 10.2 Å². The van der Waals surface area contributed by atoms with Gasteiger partial charge in [0.25, 0.3) is 0 Å². The summed E-state index contributed by atoms with van der Waals surface area (Å²) in [4.78, 5) is 12.3. The number of hydrogen-bond donors (Lipinski definition) is 1. The lowest BCUT2D eigenvalue weighted by atomic mass is 10.2. The van der Waals surface area contributed by atoms with Gasteiger partial charge < -0.3 is 14.6 Å². The zero-order chi connectivity index (χ0) is 22.1. The topological polar surface area (TPSA) is 92.8 Å². The Kier molecular flexibility index (Phi) is 8.47.